The third kappa shape index (κ3) is 3.81. The second-order valence-electron chi connectivity index (χ2n) is 1.75. The minimum Gasteiger partial charge on any atom is -0.477 e. The summed E-state index contributed by atoms with van der Waals surface area (Å²) in [5, 5.41) is 15.6. The Kier molecular flexibility index (Phi) is 4.86. The van der Waals surface area contributed by atoms with Crippen LogP contribution in [-0.2, 0) is 4.79 Å². The van der Waals surface area contributed by atoms with Crippen molar-refractivity contribution in [3.63, 3.8) is 0 Å². The Hall–Kier alpha value is -1.24. The molecule has 0 saturated carbocycles. The number of aliphatic carboxylic acids is 1. The SMILES string of the molecule is CS/C(=N/N)N/N=C(/C)C(=O)O. The number of carboxylic acid groups (broad SMARTS) is 1. The van der Waals surface area contributed by atoms with Crippen LogP contribution < -0.4 is 11.3 Å². The fraction of sp³-hybridized carbons (Fsp3) is 0.400. The molecule has 0 aromatic heterocycles. The summed E-state index contributed by atoms with van der Waals surface area (Å²) in [6.45, 7) is 1.36. The van der Waals surface area contributed by atoms with E-state index in [-0.39, 0.29) is 5.71 Å². The summed E-state index contributed by atoms with van der Waals surface area (Å²) in [7, 11) is 0. The number of hydrogen-bond donors (Lipinski definition) is 3. The molecule has 0 saturated heterocycles. The molecule has 0 heterocycles. The van der Waals surface area contributed by atoms with Gasteiger partial charge in [0.25, 0.3) is 0 Å². The number of nitrogens with one attached hydrogen (secondary N) is 1. The van der Waals surface area contributed by atoms with Gasteiger partial charge in [-0.3, -0.25) is 5.43 Å². The average molecular weight is 190 g/mol. The zero-order valence-electron chi connectivity index (χ0n) is 6.74. The number of nitrogens with zero attached hydrogens (tertiary/aromatic N) is 2. The van der Waals surface area contributed by atoms with E-state index >= 15 is 0 Å². The molecule has 0 aliphatic heterocycles. The second-order valence-corrected chi connectivity index (χ2v) is 2.55. The summed E-state index contributed by atoms with van der Waals surface area (Å²) in [4.78, 5) is 10.2. The summed E-state index contributed by atoms with van der Waals surface area (Å²) in [6.07, 6.45) is 1.74. The Balaban J connectivity index is 4.12. The van der Waals surface area contributed by atoms with Gasteiger partial charge in [-0.1, -0.05) is 11.8 Å². The Morgan fingerprint density at radius 3 is 2.58 bits per heavy atom. The Morgan fingerprint density at radius 1 is 1.67 bits per heavy atom. The number of thioether (sulfide) groups is 1. The number of carboxylic acids is 1. The maximum absolute atomic E-state index is 10.2. The fourth-order valence-corrected chi connectivity index (χ4v) is 0.549. The zero-order valence-corrected chi connectivity index (χ0v) is 7.55. The van der Waals surface area contributed by atoms with E-state index in [1.807, 2.05) is 0 Å². The van der Waals surface area contributed by atoms with Crippen molar-refractivity contribution < 1.29 is 9.90 Å². The van der Waals surface area contributed by atoms with E-state index in [1.54, 1.807) is 6.26 Å². The molecule has 0 amide bonds. The summed E-state index contributed by atoms with van der Waals surface area (Å²) >= 11 is 1.24. The number of carbonyl (C=O) groups is 1. The lowest BCUT2D eigenvalue weighted by atomic mass is 10.4. The maximum Gasteiger partial charge on any atom is 0.351 e. The summed E-state index contributed by atoms with van der Waals surface area (Å²) in [5.41, 5.74) is 2.34. The standard InChI is InChI=1S/C5H10N4O2S/c1-3(4(10)11)8-9-5(7-6)12-2/h6H2,1-2H3,(H,7,9)(H,10,11)/b8-3-. The lowest BCUT2D eigenvalue weighted by Crippen LogP contribution is -2.20. The molecule has 6 nitrogen and oxygen atoms in total. The molecule has 0 aliphatic rings. The van der Waals surface area contributed by atoms with E-state index in [2.05, 4.69) is 15.6 Å². The van der Waals surface area contributed by atoms with E-state index in [9.17, 15) is 4.79 Å². The van der Waals surface area contributed by atoms with Gasteiger partial charge in [0.1, 0.15) is 5.71 Å². The first-order valence-electron chi connectivity index (χ1n) is 2.97. The Bertz CT molecular complexity index is 225. The summed E-state index contributed by atoms with van der Waals surface area (Å²) < 4.78 is 0. The molecular weight excluding hydrogens is 180 g/mol. The van der Waals surface area contributed by atoms with Gasteiger partial charge in [-0.2, -0.15) is 10.2 Å². The van der Waals surface area contributed by atoms with E-state index in [1.165, 1.54) is 18.7 Å². The normalized spacial score (nSPS) is 12.8. The van der Waals surface area contributed by atoms with Gasteiger partial charge in [-0.15, -0.1) is 0 Å². The quantitative estimate of drug-likeness (QED) is 0.239. The van der Waals surface area contributed by atoms with E-state index in [4.69, 9.17) is 10.9 Å². The minimum atomic E-state index is -1.08. The monoisotopic (exact) mass is 190 g/mol. The van der Waals surface area contributed by atoms with Gasteiger partial charge in [0.15, 0.2) is 5.17 Å². The highest BCUT2D eigenvalue weighted by Crippen LogP contribution is 1.91. The third-order valence-electron chi connectivity index (χ3n) is 0.939. The third-order valence-corrected chi connectivity index (χ3v) is 1.52. The Morgan fingerprint density at radius 2 is 2.25 bits per heavy atom. The Labute approximate surface area is 73.9 Å². The molecule has 0 radical (unpaired) electrons. The molecule has 0 aromatic rings. The largest absolute Gasteiger partial charge is 0.477 e. The highest BCUT2D eigenvalue weighted by atomic mass is 32.2. The molecule has 0 fully saturated rings. The second kappa shape index (κ2) is 5.42. The molecule has 7 heteroatoms. The first-order chi connectivity index (χ1) is 5.61. The van der Waals surface area contributed by atoms with Crippen LogP contribution in [-0.4, -0.2) is 28.2 Å². The van der Waals surface area contributed by atoms with Crippen molar-refractivity contribution >= 4 is 28.6 Å². The molecule has 0 aromatic carbocycles. The van der Waals surface area contributed by atoms with Crippen LogP contribution >= 0.6 is 11.8 Å². The first kappa shape index (κ1) is 10.8. The van der Waals surface area contributed by atoms with E-state index < -0.39 is 5.97 Å². The molecule has 0 bridgehead atoms. The molecule has 4 N–H and O–H groups in total. The fourth-order valence-electron chi connectivity index (χ4n) is 0.307. The predicted molar refractivity (Wildman–Crippen MR) is 49.0 cm³/mol. The molecule has 68 valence electrons. The van der Waals surface area contributed by atoms with Crippen LogP contribution in [0, 0.1) is 0 Å². The van der Waals surface area contributed by atoms with Crippen molar-refractivity contribution in [2.45, 2.75) is 6.92 Å². The van der Waals surface area contributed by atoms with Crippen LogP contribution in [0.3, 0.4) is 0 Å². The molecule has 0 atom stereocenters. The molecule has 0 unspecified atom stereocenters. The van der Waals surface area contributed by atoms with Crippen LogP contribution in [0.2, 0.25) is 0 Å². The van der Waals surface area contributed by atoms with Crippen molar-refractivity contribution in [2.75, 3.05) is 6.26 Å². The highest BCUT2D eigenvalue weighted by Gasteiger charge is 2.01. The van der Waals surface area contributed by atoms with Gasteiger partial charge < -0.3 is 10.9 Å². The van der Waals surface area contributed by atoms with Gasteiger partial charge in [-0.05, 0) is 13.2 Å². The average Bonchev–Trinajstić information content (AvgIpc) is 2.05. The van der Waals surface area contributed by atoms with Crippen molar-refractivity contribution in [1.29, 1.82) is 0 Å². The van der Waals surface area contributed by atoms with Crippen LogP contribution in [0.1, 0.15) is 6.92 Å². The van der Waals surface area contributed by atoms with Crippen LogP contribution in [0.5, 0.6) is 0 Å². The predicted octanol–water partition coefficient (Wildman–Crippen LogP) is -0.371. The maximum atomic E-state index is 10.2. The topological polar surface area (TPSA) is 100 Å². The smallest absolute Gasteiger partial charge is 0.351 e. The van der Waals surface area contributed by atoms with E-state index in [0.717, 1.165) is 0 Å². The van der Waals surface area contributed by atoms with Gasteiger partial charge in [0, 0.05) is 0 Å². The molecule has 0 rings (SSSR count). The summed E-state index contributed by atoms with van der Waals surface area (Å²) in [5.74, 6) is 3.85. The summed E-state index contributed by atoms with van der Waals surface area (Å²) in [6, 6.07) is 0. The van der Waals surface area contributed by atoms with Crippen molar-refractivity contribution in [1.82, 2.24) is 5.43 Å². The van der Waals surface area contributed by atoms with Crippen molar-refractivity contribution in [3.8, 4) is 0 Å². The van der Waals surface area contributed by atoms with Gasteiger partial charge in [0.2, 0.25) is 0 Å². The van der Waals surface area contributed by atoms with Crippen LogP contribution in [0.4, 0.5) is 0 Å². The highest BCUT2D eigenvalue weighted by molar-refractivity contribution is 8.13. The number of hydrazone groups is 2. The molecule has 12 heavy (non-hydrogen) atoms. The van der Waals surface area contributed by atoms with Gasteiger partial charge >= 0.3 is 5.97 Å². The minimum absolute atomic E-state index is 0.0507. The van der Waals surface area contributed by atoms with Crippen LogP contribution in [0.15, 0.2) is 10.2 Å². The first-order valence-corrected chi connectivity index (χ1v) is 4.19. The number of amidine groups is 1. The molecule has 0 spiro atoms. The lowest BCUT2D eigenvalue weighted by Gasteiger charge is -1.99. The van der Waals surface area contributed by atoms with Gasteiger partial charge in [-0.25, -0.2) is 4.79 Å². The van der Waals surface area contributed by atoms with Gasteiger partial charge in [0.05, 0.1) is 0 Å². The molecular formula is C5H10N4O2S. The van der Waals surface area contributed by atoms with Crippen molar-refractivity contribution in [3.05, 3.63) is 0 Å². The molecule has 0 aliphatic carbocycles. The lowest BCUT2D eigenvalue weighted by molar-refractivity contribution is -0.129. The number of rotatable bonds is 2. The zero-order chi connectivity index (χ0) is 9.56. The number of nitrogens with two attached hydrogens (primary N) is 1. The van der Waals surface area contributed by atoms with E-state index in [0.29, 0.717) is 5.17 Å². The van der Waals surface area contributed by atoms with Crippen LogP contribution in [0.25, 0.3) is 0 Å². The van der Waals surface area contributed by atoms with Crippen molar-refractivity contribution in [2.24, 2.45) is 16.0 Å². The number of hydrogen-bond acceptors (Lipinski definition) is 5.